The van der Waals surface area contributed by atoms with Gasteiger partial charge in [-0.3, -0.25) is 4.74 Å². The summed E-state index contributed by atoms with van der Waals surface area (Å²) >= 11 is 0. The van der Waals surface area contributed by atoms with E-state index in [0.29, 0.717) is 19.3 Å². The third-order valence-corrected chi connectivity index (χ3v) is 3.26. The first-order chi connectivity index (χ1) is 13.3. The van der Waals surface area contributed by atoms with Crippen LogP contribution in [0.1, 0.15) is 51.9 Å². The average Bonchev–Trinajstić information content (AvgIpc) is 2.42. The number of hydrogen-bond acceptors (Lipinski definition) is 4. The van der Waals surface area contributed by atoms with Crippen molar-refractivity contribution in [1.29, 1.82) is 0 Å². The zero-order valence-electron chi connectivity index (χ0n) is 15.2. The van der Waals surface area contributed by atoms with Crippen molar-refractivity contribution in [2.75, 3.05) is 0 Å². The van der Waals surface area contributed by atoms with Gasteiger partial charge in [-0.25, -0.2) is 14.2 Å². The normalized spacial score (nSPS) is 15.5. The number of unbranched alkanes of at least 4 members (excludes halogenated alkanes) is 5. The van der Waals surface area contributed by atoms with Gasteiger partial charge >= 0.3 is 31.4 Å². The Labute approximate surface area is 162 Å². The van der Waals surface area contributed by atoms with E-state index in [1.165, 1.54) is 0 Å². The smallest absolute Gasteiger partial charge is 0.280 e. The van der Waals surface area contributed by atoms with E-state index < -0.39 is 50.4 Å². The van der Waals surface area contributed by atoms with Crippen LogP contribution in [0.2, 0.25) is 0 Å². The molecule has 4 nitrogen and oxygen atoms in total. The molecule has 16 heteroatoms. The minimum absolute atomic E-state index is 0.0299. The van der Waals surface area contributed by atoms with Gasteiger partial charge in [-0.05, 0) is 6.42 Å². The minimum atomic E-state index is -6.33. The van der Waals surface area contributed by atoms with Crippen molar-refractivity contribution >= 4 is 0 Å². The van der Waals surface area contributed by atoms with Crippen LogP contribution in [0.4, 0.5) is 52.7 Å². The summed E-state index contributed by atoms with van der Waals surface area (Å²) in [5.74, 6) is -5.40. The summed E-state index contributed by atoms with van der Waals surface area (Å²) in [6.07, 6.45) is -28.3. The third-order valence-electron chi connectivity index (χ3n) is 3.26. The van der Waals surface area contributed by atoms with Crippen molar-refractivity contribution in [3.63, 3.8) is 0 Å². The first-order valence-corrected chi connectivity index (χ1v) is 8.34. The van der Waals surface area contributed by atoms with Crippen LogP contribution >= 0.6 is 0 Å². The molecule has 0 N–H and O–H groups in total. The molecule has 0 rings (SSSR count). The van der Waals surface area contributed by atoms with Gasteiger partial charge in [-0.1, -0.05) is 45.4 Å². The molecule has 0 saturated heterocycles. The van der Waals surface area contributed by atoms with Crippen molar-refractivity contribution in [2.45, 2.75) is 89.4 Å². The Morgan fingerprint density at radius 3 is 1.23 bits per heavy atom. The highest BCUT2D eigenvalue weighted by molar-refractivity contribution is 4.76. The van der Waals surface area contributed by atoms with Crippen LogP contribution in [0.25, 0.3) is 0 Å². The van der Waals surface area contributed by atoms with E-state index in [1.807, 2.05) is 0 Å². The fourth-order valence-corrected chi connectivity index (χ4v) is 2.32. The van der Waals surface area contributed by atoms with Crippen LogP contribution in [0.3, 0.4) is 0 Å². The van der Waals surface area contributed by atoms with Crippen LogP contribution in [0.5, 0.6) is 0 Å². The molecular weight excluding hydrogens is 460 g/mol. The number of ether oxygens (including phenoxy) is 4. The van der Waals surface area contributed by atoms with E-state index in [9.17, 15) is 52.7 Å². The zero-order chi connectivity index (χ0) is 23.9. The Balaban J connectivity index is 5.98. The maximum absolute atomic E-state index is 12.6. The molecule has 182 valence electrons. The number of hydrogen-bond donors (Lipinski definition) is 0. The number of rotatable bonds is 12. The molecule has 0 radical (unpaired) electrons. The Bertz CT molecular complexity index is 442. The first-order valence-electron chi connectivity index (χ1n) is 8.34. The highest BCUT2D eigenvalue weighted by Crippen LogP contribution is 2.43. The molecule has 30 heavy (non-hydrogen) atoms. The second-order valence-corrected chi connectivity index (χ2v) is 5.86. The van der Waals surface area contributed by atoms with E-state index in [0.717, 1.165) is 6.42 Å². The molecule has 0 heterocycles. The van der Waals surface area contributed by atoms with E-state index in [-0.39, 0.29) is 6.42 Å². The lowest BCUT2D eigenvalue weighted by molar-refractivity contribution is -0.601. The molecule has 0 aromatic heterocycles. The van der Waals surface area contributed by atoms with Gasteiger partial charge in [0.25, 0.3) is 0 Å². The van der Waals surface area contributed by atoms with Gasteiger partial charge < -0.3 is 0 Å². The van der Waals surface area contributed by atoms with Crippen LogP contribution in [-0.2, 0) is 18.9 Å². The molecule has 1 atom stereocenters. The maximum atomic E-state index is 12.6. The fourth-order valence-electron chi connectivity index (χ4n) is 2.32. The third kappa shape index (κ3) is 14.1. The van der Waals surface area contributed by atoms with Gasteiger partial charge in [0.15, 0.2) is 0 Å². The summed E-state index contributed by atoms with van der Waals surface area (Å²) in [7, 11) is 0. The van der Waals surface area contributed by atoms with Crippen molar-refractivity contribution in [1.82, 2.24) is 0 Å². The molecule has 0 aliphatic heterocycles. The van der Waals surface area contributed by atoms with E-state index in [4.69, 9.17) is 0 Å². The van der Waals surface area contributed by atoms with E-state index in [1.54, 1.807) is 6.92 Å². The quantitative estimate of drug-likeness (QED) is 0.174. The monoisotopic (exact) mass is 478 g/mol. The Kier molecular flexibility index (Phi) is 10.7. The summed E-state index contributed by atoms with van der Waals surface area (Å²) in [5.41, 5.74) is 0. The minimum Gasteiger partial charge on any atom is -0.280 e. The summed E-state index contributed by atoms with van der Waals surface area (Å²) in [4.78, 5) is 0. The molecule has 0 fully saturated rings. The van der Waals surface area contributed by atoms with Crippen molar-refractivity contribution in [3.8, 4) is 0 Å². The molecule has 0 amide bonds. The molecule has 0 saturated carbocycles. The summed E-state index contributed by atoms with van der Waals surface area (Å²) < 4.78 is 162. The molecule has 0 spiro atoms. The van der Waals surface area contributed by atoms with Crippen LogP contribution in [0.15, 0.2) is 0 Å². The van der Waals surface area contributed by atoms with Gasteiger partial charge in [0, 0.05) is 0 Å². The van der Waals surface area contributed by atoms with Crippen molar-refractivity contribution in [2.24, 2.45) is 0 Å². The molecule has 1 unspecified atom stereocenters. The Morgan fingerprint density at radius 1 is 0.533 bits per heavy atom. The average molecular weight is 478 g/mol. The molecule has 0 aliphatic rings. The van der Waals surface area contributed by atoms with Gasteiger partial charge in [0.05, 0.1) is 0 Å². The SMILES string of the molecule is CCCCCCCCC(OC(F)(F)F)C(OC(F)(F)F)(OC(F)(F)F)OC(F)(F)F. The Hall–Kier alpha value is -1.00. The zero-order valence-corrected chi connectivity index (χ0v) is 15.2. The fraction of sp³-hybridized carbons (Fsp3) is 1.00. The topological polar surface area (TPSA) is 36.9 Å². The van der Waals surface area contributed by atoms with E-state index in [2.05, 4.69) is 18.9 Å². The summed E-state index contributed by atoms with van der Waals surface area (Å²) in [5, 5.41) is 0. The molecule has 0 aliphatic carbocycles. The predicted molar refractivity (Wildman–Crippen MR) is 73.1 cm³/mol. The highest BCUT2D eigenvalue weighted by Gasteiger charge is 2.63. The number of alkyl halides is 12. The lowest BCUT2D eigenvalue weighted by atomic mass is 10.1. The van der Waals surface area contributed by atoms with Crippen LogP contribution in [0, 0.1) is 0 Å². The molecule has 0 aromatic rings. The van der Waals surface area contributed by atoms with Gasteiger partial charge in [-0.2, -0.15) is 0 Å². The predicted octanol–water partition coefficient (Wildman–Crippen LogP) is 6.91. The van der Waals surface area contributed by atoms with Gasteiger partial charge in [0.1, 0.15) is 6.10 Å². The second kappa shape index (κ2) is 11.0. The highest BCUT2D eigenvalue weighted by atomic mass is 19.4. The summed E-state index contributed by atoms with van der Waals surface area (Å²) in [6, 6.07) is 0. The Morgan fingerprint density at radius 2 is 0.900 bits per heavy atom. The maximum Gasteiger partial charge on any atom is 0.526 e. The van der Waals surface area contributed by atoms with E-state index >= 15 is 0 Å². The lowest BCUT2D eigenvalue weighted by Gasteiger charge is -2.39. The largest absolute Gasteiger partial charge is 0.526 e. The molecule has 0 bridgehead atoms. The second-order valence-electron chi connectivity index (χ2n) is 5.86. The van der Waals surface area contributed by atoms with Crippen molar-refractivity contribution in [3.05, 3.63) is 0 Å². The molecule has 0 aromatic carbocycles. The van der Waals surface area contributed by atoms with Crippen molar-refractivity contribution < 1.29 is 71.6 Å². The lowest BCUT2D eigenvalue weighted by Crippen LogP contribution is -2.59. The van der Waals surface area contributed by atoms with Crippen LogP contribution in [-0.4, -0.2) is 37.5 Å². The summed E-state index contributed by atoms with van der Waals surface area (Å²) in [6.45, 7) is 1.80. The number of halogens is 12. The standard InChI is InChI=1S/C14H18F12O4/c1-2-3-4-5-6-7-8-9(27-11(15,16)17)10(28-12(18,19)20,29-13(21,22)23)30-14(24,25)26/h9H,2-8H2,1H3. The van der Waals surface area contributed by atoms with Crippen LogP contribution < -0.4 is 0 Å². The van der Waals surface area contributed by atoms with Gasteiger partial charge in [-0.15, -0.1) is 52.7 Å². The van der Waals surface area contributed by atoms with Gasteiger partial charge in [0.2, 0.25) is 0 Å². The first kappa shape index (κ1) is 29.0. The molecular formula is C14H18F12O4.